The predicted molar refractivity (Wildman–Crippen MR) is 65.8 cm³/mol. The number of nitrogens with two attached hydrogens (primary N) is 1. The van der Waals surface area contributed by atoms with E-state index in [-0.39, 0.29) is 11.6 Å². The van der Waals surface area contributed by atoms with Crippen molar-refractivity contribution in [2.45, 2.75) is 19.8 Å². The number of nitrogens with zero attached hydrogens (tertiary/aromatic N) is 2. The molecule has 0 bridgehead atoms. The first-order valence-electron chi connectivity index (χ1n) is 5.58. The van der Waals surface area contributed by atoms with Crippen LogP contribution in [0.4, 0.5) is 10.3 Å². The molecule has 1 aromatic heterocycles. The minimum absolute atomic E-state index is 0.0824. The minimum Gasteiger partial charge on any atom is -0.368 e. The first-order valence-corrected chi connectivity index (χ1v) is 5.58. The summed E-state index contributed by atoms with van der Waals surface area (Å²) in [7, 11) is 0. The molecule has 1 heterocycles. The van der Waals surface area contributed by atoms with Gasteiger partial charge in [-0.3, -0.25) is 0 Å². The van der Waals surface area contributed by atoms with E-state index in [0.29, 0.717) is 0 Å². The lowest BCUT2D eigenvalue weighted by Gasteiger charge is -2.04. The van der Waals surface area contributed by atoms with E-state index in [4.69, 9.17) is 5.73 Å². The van der Waals surface area contributed by atoms with E-state index < -0.39 is 5.82 Å². The largest absolute Gasteiger partial charge is 0.368 e. The summed E-state index contributed by atoms with van der Waals surface area (Å²) in [5.41, 5.74) is 7.66. The summed E-state index contributed by atoms with van der Waals surface area (Å²) in [6.07, 6.45) is 3.21. The molecule has 0 aliphatic heterocycles. The zero-order valence-corrected chi connectivity index (χ0v) is 9.65. The Morgan fingerprint density at radius 2 is 1.94 bits per heavy atom. The fraction of sp³-hybridized carbons (Fsp3) is 0.231. The van der Waals surface area contributed by atoms with Crippen molar-refractivity contribution in [3.8, 4) is 11.3 Å². The van der Waals surface area contributed by atoms with E-state index in [9.17, 15) is 4.39 Å². The molecule has 0 unspecified atom stereocenters. The molecule has 0 amide bonds. The quantitative estimate of drug-likeness (QED) is 0.883. The molecule has 4 heteroatoms. The lowest BCUT2D eigenvalue weighted by Crippen LogP contribution is -1.98. The highest BCUT2D eigenvalue weighted by Crippen LogP contribution is 2.21. The number of rotatable bonds is 3. The van der Waals surface area contributed by atoms with Crippen LogP contribution in [0, 0.1) is 5.82 Å². The van der Waals surface area contributed by atoms with Gasteiger partial charge in [0.25, 0.3) is 0 Å². The molecule has 2 aromatic rings. The van der Waals surface area contributed by atoms with E-state index in [1.807, 2.05) is 24.3 Å². The molecule has 1 aromatic carbocycles. The molecule has 0 aliphatic rings. The number of hydrogen-bond donors (Lipinski definition) is 1. The standard InChI is InChI=1S/C13H14FN3/c1-2-3-9-4-6-10(7-5-9)12-11(14)8-16-13(15)17-12/h4-8H,2-3H2,1H3,(H2,15,16,17). The number of halogens is 1. The van der Waals surface area contributed by atoms with Crippen LogP contribution >= 0.6 is 0 Å². The van der Waals surface area contributed by atoms with Gasteiger partial charge in [-0.05, 0) is 12.0 Å². The third-order valence-corrected chi connectivity index (χ3v) is 2.53. The van der Waals surface area contributed by atoms with Crippen LogP contribution < -0.4 is 5.73 Å². The van der Waals surface area contributed by atoms with E-state index >= 15 is 0 Å². The van der Waals surface area contributed by atoms with Gasteiger partial charge in [0.1, 0.15) is 5.69 Å². The van der Waals surface area contributed by atoms with Gasteiger partial charge in [-0.25, -0.2) is 14.4 Å². The molecule has 0 atom stereocenters. The van der Waals surface area contributed by atoms with Crippen molar-refractivity contribution in [2.75, 3.05) is 5.73 Å². The maximum Gasteiger partial charge on any atom is 0.220 e. The van der Waals surface area contributed by atoms with Crippen molar-refractivity contribution < 1.29 is 4.39 Å². The third kappa shape index (κ3) is 2.58. The van der Waals surface area contributed by atoms with Crippen molar-refractivity contribution in [1.82, 2.24) is 9.97 Å². The Labute approximate surface area is 99.5 Å². The van der Waals surface area contributed by atoms with E-state index in [1.54, 1.807) is 0 Å². The molecule has 3 nitrogen and oxygen atoms in total. The Kier molecular flexibility index (Phi) is 3.32. The van der Waals surface area contributed by atoms with E-state index in [1.165, 1.54) is 5.56 Å². The first-order chi connectivity index (χ1) is 8.20. The average Bonchev–Trinajstić information content (AvgIpc) is 2.34. The third-order valence-electron chi connectivity index (χ3n) is 2.53. The highest BCUT2D eigenvalue weighted by molar-refractivity contribution is 5.60. The lowest BCUT2D eigenvalue weighted by molar-refractivity contribution is 0.619. The average molecular weight is 231 g/mol. The van der Waals surface area contributed by atoms with Crippen molar-refractivity contribution in [3.05, 3.63) is 41.8 Å². The van der Waals surface area contributed by atoms with Crippen LogP contribution in [0.1, 0.15) is 18.9 Å². The van der Waals surface area contributed by atoms with Gasteiger partial charge in [0.2, 0.25) is 5.95 Å². The van der Waals surface area contributed by atoms with Crippen LogP contribution in [-0.2, 0) is 6.42 Å². The summed E-state index contributed by atoms with van der Waals surface area (Å²) in [4.78, 5) is 7.51. The summed E-state index contributed by atoms with van der Waals surface area (Å²) in [5, 5.41) is 0. The molecule has 0 fully saturated rings. The van der Waals surface area contributed by atoms with E-state index in [0.717, 1.165) is 24.6 Å². The summed E-state index contributed by atoms with van der Waals surface area (Å²) in [6.45, 7) is 2.12. The predicted octanol–water partition coefficient (Wildman–Crippen LogP) is 2.82. The van der Waals surface area contributed by atoms with Crippen LogP contribution in [0.2, 0.25) is 0 Å². The minimum atomic E-state index is -0.456. The number of benzene rings is 1. The van der Waals surface area contributed by atoms with Gasteiger partial charge >= 0.3 is 0 Å². The van der Waals surface area contributed by atoms with Crippen molar-refractivity contribution in [2.24, 2.45) is 0 Å². The highest BCUT2D eigenvalue weighted by atomic mass is 19.1. The van der Waals surface area contributed by atoms with Gasteiger partial charge in [0, 0.05) is 5.56 Å². The number of nitrogen functional groups attached to an aromatic ring is 1. The molecule has 88 valence electrons. The topological polar surface area (TPSA) is 51.8 Å². The molecule has 0 saturated carbocycles. The van der Waals surface area contributed by atoms with Crippen LogP contribution in [-0.4, -0.2) is 9.97 Å². The normalized spacial score (nSPS) is 10.5. The van der Waals surface area contributed by atoms with Gasteiger partial charge in [0.05, 0.1) is 6.20 Å². The van der Waals surface area contributed by atoms with Crippen molar-refractivity contribution in [3.63, 3.8) is 0 Å². The Hall–Kier alpha value is -1.97. The molecular weight excluding hydrogens is 217 g/mol. The zero-order valence-electron chi connectivity index (χ0n) is 9.65. The first kappa shape index (κ1) is 11.5. The van der Waals surface area contributed by atoms with Crippen LogP contribution in [0.5, 0.6) is 0 Å². The van der Waals surface area contributed by atoms with E-state index in [2.05, 4.69) is 16.9 Å². The Bertz CT molecular complexity index is 509. The summed E-state index contributed by atoms with van der Waals surface area (Å²) in [6, 6.07) is 7.68. The second-order valence-corrected chi connectivity index (χ2v) is 3.87. The Morgan fingerprint density at radius 1 is 1.24 bits per heavy atom. The second-order valence-electron chi connectivity index (χ2n) is 3.87. The second kappa shape index (κ2) is 4.91. The van der Waals surface area contributed by atoms with Crippen molar-refractivity contribution in [1.29, 1.82) is 0 Å². The summed E-state index contributed by atoms with van der Waals surface area (Å²) < 4.78 is 13.5. The SMILES string of the molecule is CCCc1ccc(-c2nc(N)ncc2F)cc1. The molecule has 0 aliphatic carbocycles. The fourth-order valence-corrected chi connectivity index (χ4v) is 1.70. The lowest BCUT2D eigenvalue weighted by atomic mass is 10.1. The molecule has 0 radical (unpaired) electrons. The molecule has 2 N–H and O–H groups in total. The van der Waals surface area contributed by atoms with Crippen LogP contribution in [0.15, 0.2) is 30.5 Å². The smallest absolute Gasteiger partial charge is 0.220 e. The summed E-state index contributed by atoms with van der Waals surface area (Å²) >= 11 is 0. The van der Waals surface area contributed by atoms with Gasteiger partial charge in [-0.15, -0.1) is 0 Å². The van der Waals surface area contributed by atoms with Gasteiger partial charge in [-0.1, -0.05) is 37.6 Å². The number of hydrogen-bond acceptors (Lipinski definition) is 3. The van der Waals surface area contributed by atoms with Crippen LogP contribution in [0.25, 0.3) is 11.3 Å². The molecule has 0 saturated heterocycles. The Morgan fingerprint density at radius 3 is 2.59 bits per heavy atom. The van der Waals surface area contributed by atoms with Gasteiger partial charge in [0.15, 0.2) is 5.82 Å². The van der Waals surface area contributed by atoms with Gasteiger partial charge in [-0.2, -0.15) is 0 Å². The molecule has 17 heavy (non-hydrogen) atoms. The van der Waals surface area contributed by atoms with Crippen LogP contribution in [0.3, 0.4) is 0 Å². The zero-order chi connectivity index (χ0) is 12.3. The number of aryl methyl sites for hydroxylation is 1. The van der Waals surface area contributed by atoms with Gasteiger partial charge < -0.3 is 5.73 Å². The maximum atomic E-state index is 13.5. The molecule has 0 spiro atoms. The Balaban J connectivity index is 2.36. The fourth-order valence-electron chi connectivity index (χ4n) is 1.70. The monoisotopic (exact) mass is 231 g/mol. The summed E-state index contributed by atoms with van der Waals surface area (Å²) in [5.74, 6) is -0.374. The number of aromatic nitrogens is 2. The highest BCUT2D eigenvalue weighted by Gasteiger charge is 2.07. The van der Waals surface area contributed by atoms with Crippen molar-refractivity contribution >= 4 is 5.95 Å². The number of anilines is 1. The maximum absolute atomic E-state index is 13.5. The molecule has 2 rings (SSSR count). The molecular formula is C13H14FN3.